The Bertz CT molecular complexity index is 821. The van der Waals surface area contributed by atoms with Gasteiger partial charge >= 0.3 is 0 Å². The van der Waals surface area contributed by atoms with Crippen LogP contribution in [0, 0.1) is 20.8 Å². The molecular formula is C15H13BrClN3S. The topological polar surface area (TPSA) is 37.8 Å². The normalized spacial score (nSPS) is 11.1. The van der Waals surface area contributed by atoms with E-state index in [1.165, 1.54) is 4.88 Å². The highest BCUT2D eigenvalue weighted by Gasteiger charge is 2.12. The summed E-state index contributed by atoms with van der Waals surface area (Å²) < 4.78 is 1.07. The maximum Gasteiger partial charge on any atom is 0.225 e. The molecule has 3 rings (SSSR count). The number of nitrogens with one attached hydrogen (secondary N) is 1. The van der Waals surface area contributed by atoms with Crippen LogP contribution in [0.2, 0.25) is 5.28 Å². The number of nitrogens with zero attached hydrogens (tertiary/aromatic N) is 2. The average molecular weight is 383 g/mol. The molecule has 0 radical (unpaired) electrons. The zero-order valence-electron chi connectivity index (χ0n) is 11.8. The molecule has 3 nitrogen and oxygen atoms in total. The molecule has 0 bridgehead atoms. The van der Waals surface area contributed by atoms with E-state index < -0.39 is 0 Å². The highest BCUT2D eigenvalue weighted by Crippen LogP contribution is 2.33. The van der Waals surface area contributed by atoms with Gasteiger partial charge in [0.2, 0.25) is 5.28 Å². The molecule has 0 unspecified atom stereocenters. The lowest BCUT2D eigenvalue weighted by Crippen LogP contribution is -2.00. The van der Waals surface area contributed by atoms with Crippen LogP contribution < -0.4 is 5.32 Å². The first kappa shape index (κ1) is 14.8. The van der Waals surface area contributed by atoms with Crippen molar-refractivity contribution in [3.63, 3.8) is 0 Å². The van der Waals surface area contributed by atoms with Crippen molar-refractivity contribution in [2.75, 3.05) is 5.32 Å². The fourth-order valence-corrected chi connectivity index (χ4v) is 4.12. The van der Waals surface area contributed by atoms with Gasteiger partial charge in [-0.1, -0.05) is 15.9 Å². The molecule has 0 spiro atoms. The van der Waals surface area contributed by atoms with E-state index in [-0.39, 0.29) is 5.28 Å². The van der Waals surface area contributed by atoms with Gasteiger partial charge in [-0.15, -0.1) is 11.3 Å². The molecule has 1 N–H and O–H groups in total. The van der Waals surface area contributed by atoms with E-state index in [1.807, 2.05) is 0 Å². The molecule has 0 saturated heterocycles. The van der Waals surface area contributed by atoms with Crippen molar-refractivity contribution in [1.82, 2.24) is 9.97 Å². The Balaban J connectivity index is 2.14. The molecule has 0 saturated carbocycles. The minimum absolute atomic E-state index is 0.263. The fraction of sp³-hybridized carbons (Fsp3) is 0.200. The van der Waals surface area contributed by atoms with Crippen molar-refractivity contribution in [2.45, 2.75) is 20.8 Å². The van der Waals surface area contributed by atoms with Crippen molar-refractivity contribution < 1.29 is 0 Å². The van der Waals surface area contributed by atoms with Gasteiger partial charge in [0.15, 0.2) is 0 Å². The zero-order valence-corrected chi connectivity index (χ0v) is 14.9. The SMILES string of the molecule is Cc1cc2c(Nc3c(C)cc(Br)cc3C)nc(Cl)nc2s1. The summed E-state index contributed by atoms with van der Waals surface area (Å²) in [6, 6.07) is 6.24. The third-order valence-corrected chi connectivity index (χ3v) is 4.80. The number of rotatable bonds is 2. The van der Waals surface area contributed by atoms with Gasteiger partial charge in [0.25, 0.3) is 0 Å². The lowest BCUT2D eigenvalue weighted by atomic mass is 10.1. The molecule has 0 fully saturated rings. The summed E-state index contributed by atoms with van der Waals surface area (Å²) in [5.74, 6) is 0.753. The average Bonchev–Trinajstić information content (AvgIpc) is 2.73. The Hall–Kier alpha value is -1.17. The van der Waals surface area contributed by atoms with Crippen LogP contribution in [0.3, 0.4) is 0 Å². The molecule has 0 atom stereocenters. The third kappa shape index (κ3) is 2.91. The van der Waals surface area contributed by atoms with Crippen molar-refractivity contribution in [3.8, 4) is 0 Å². The molecule has 1 aromatic carbocycles. The summed E-state index contributed by atoms with van der Waals surface area (Å²) in [5.41, 5.74) is 3.35. The van der Waals surface area contributed by atoms with Crippen LogP contribution in [0.4, 0.5) is 11.5 Å². The number of halogens is 2. The second kappa shape index (κ2) is 5.55. The summed E-state index contributed by atoms with van der Waals surface area (Å²) >= 11 is 11.2. The van der Waals surface area contributed by atoms with Crippen LogP contribution in [0.15, 0.2) is 22.7 Å². The Labute approximate surface area is 140 Å². The monoisotopic (exact) mass is 381 g/mol. The minimum Gasteiger partial charge on any atom is -0.339 e. The lowest BCUT2D eigenvalue weighted by molar-refractivity contribution is 1.22. The second-order valence-corrected chi connectivity index (χ2v) is 7.45. The van der Waals surface area contributed by atoms with E-state index in [0.29, 0.717) is 0 Å². The first-order valence-electron chi connectivity index (χ1n) is 6.41. The van der Waals surface area contributed by atoms with Crippen molar-refractivity contribution in [3.05, 3.63) is 44.0 Å². The van der Waals surface area contributed by atoms with Gasteiger partial charge in [0.1, 0.15) is 10.6 Å². The van der Waals surface area contributed by atoms with Gasteiger partial charge in [-0.3, -0.25) is 0 Å². The van der Waals surface area contributed by atoms with Gasteiger partial charge in [-0.2, -0.15) is 4.98 Å². The van der Waals surface area contributed by atoms with E-state index in [4.69, 9.17) is 11.6 Å². The second-order valence-electron chi connectivity index (χ2n) is 4.96. The van der Waals surface area contributed by atoms with Crippen LogP contribution in [0.5, 0.6) is 0 Å². The Morgan fingerprint density at radius 3 is 2.43 bits per heavy atom. The summed E-state index contributed by atoms with van der Waals surface area (Å²) in [4.78, 5) is 10.7. The highest BCUT2D eigenvalue weighted by molar-refractivity contribution is 9.10. The Morgan fingerprint density at radius 1 is 1.10 bits per heavy atom. The summed E-state index contributed by atoms with van der Waals surface area (Å²) in [6.07, 6.45) is 0. The molecular weight excluding hydrogens is 370 g/mol. The van der Waals surface area contributed by atoms with E-state index in [0.717, 1.165) is 37.3 Å². The predicted octanol–water partition coefficient (Wildman–Crippen LogP) is 5.78. The molecule has 0 aliphatic rings. The molecule has 0 amide bonds. The van der Waals surface area contributed by atoms with Crippen LogP contribution in [0.25, 0.3) is 10.2 Å². The van der Waals surface area contributed by atoms with Gasteiger partial charge in [-0.25, -0.2) is 4.98 Å². The van der Waals surface area contributed by atoms with Crippen LogP contribution >= 0.6 is 38.9 Å². The van der Waals surface area contributed by atoms with Crippen molar-refractivity contribution in [2.24, 2.45) is 0 Å². The van der Waals surface area contributed by atoms with Gasteiger partial charge in [0, 0.05) is 15.0 Å². The van der Waals surface area contributed by atoms with Crippen LogP contribution in [0.1, 0.15) is 16.0 Å². The van der Waals surface area contributed by atoms with Crippen molar-refractivity contribution >= 4 is 60.6 Å². The van der Waals surface area contributed by atoms with Crippen LogP contribution in [-0.4, -0.2) is 9.97 Å². The molecule has 0 aliphatic heterocycles. The van der Waals surface area contributed by atoms with E-state index in [9.17, 15) is 0 Å². The Morgan fingerprint density at radius 2 is 1.76 bits per heavy atom. The largest absolute Gasteiger partial charge is 0.339 e. The first-order chi connectivity index (χ1) is 9.94. The van der Waals surface area contributed by atoms with E-state index in [1.54, 1.807) is 11.3 Å². The highest BCUT2D eigenvalue weighted by atomic mass is 79.9. The first-order valence-corrected chi connectivity index (χ1v) is 8.40. The molecule has 2 aromatic heterocycles. The number of anilines is 2. The maximum atomic E-state index is 6.04. The predicted molar refractivity (Wildman–Crippen MR) is 94.1 cm³/mol. The quantitative estimate of drug-likeness (QED) is 0.571. The van der Waals surface area contributed by atoms with Gasteiger partial charge in [-0.05, 0) is 61.7 Å². The summed E-state index contributed by atoms with van der Waals surface area (Å²) in [6.45, 7) is 6.19. The number of hydrogen-bond acceptors (Lipinski definition) is 4. The number of thiophene rings is 1. The molecule has 3 aromatic rings. The molecule has 21 heavy (non-hydrogen) atoms. The third-order valence-electron chi connectivity index (χ3n) is 3.23. The van der Waals surface area contributed by atoms with E-state index in [2.05, 4.69) is 70.2 Å². The van der Waals surface area contributed by atoms with Crippen LogP contribution in [-0.2, 0) is 0 Å². The standard InChI is InChI=1S/C15H13BrClN3S/c1-7-4-10(16)5-8(2)12(7)18-13-11-6-9(3)21-14(11)20-15(17)19-13/h4-6H,1-3H3,(H,18,19,20). The lowest BCUT2D eigenvalue weighted by Gasteiger charge is -2.13. The summed E-state index contributed by atoms with van der Waals surface area (Å²) in [7, 11) is 0. The van der Waals surface area contributed by atoms with E-state index >= 15 is 0 Å². The van der Waals surface area contributed by atoms with Gasteiger partial charge in [0.05, 0.1) is 5.39 Å². The number of fused-ring (bicyclic) bond motifs is 1. The summed E-state index contributed by atoms with van der Waals surface area (Å²) in [5, 5.41) is 4.68. The number of hydrogen-bond donors (Lipinski definition) is 1. The fourth-order valence-electron chi connectivity index (χ4n) is 2.34. The molecule has 0 aliphatic carbocycles. The Kier molecular flexibility index (Phi) is 3.90. The maximum absolute atomic E-state index is 6.04. The number of benzene rings is 1. The minimum atomic E-state index is 0.263. The smallest absolute Gasteiger partial charge is 0.225 e. The zero-order chi connectivity index (χ0) is 15.1. The number of aryl methyl sites for hydroxylation is 3. The molecule has 2 heterocycles. The number of aromatic nitrogens is 2. The van der Waals surface area contributed by atoms with Crippen molar-refractivity contribution in [1.29, 1.82) is 0 Å². The molecule has 108 valence electrons. The molecule has 6 heteroatoms. The van der Waals surface area contributed by atoms with Gasteiger partial charge < -0.3 is 5.32 Å².